The van der Waals surface area contributed by atoms with E-state index in [9.17, 15) is 9.90 Å². The Bertz CT molecular complexity index is 1160. The standard InChI is InChI=1S/C20H24NO4S2/c1-11-6-7-16(27-11)20(23,15-5-4-8-26-15)19(22)24-12-9-13-17-18(25-17)14(10-12)21(13,2)3/h4-8,12-14,17-18,23H,9-10H2,1-3H3/q+1/i2D3,4D,5D,6D,7D,8D. The third-order valence-electron chi connectivity index (χ3n) is 5.92. The van der Waals surface area contributed by atoms with E-state index in [4.69, 9.17) is 20.4 Å². The van der Waals surface area contributed by atoms with Gasteiger partial charge in [0.05, 0.1) is 34.7 Å². The highest BCUT2D eigenvalue weighted by molar-refractivity contribution is 7.13. The minimum absolute atomic E-state index is 0.171. The lowest BCUT2D eigenvalue weighted by Crippen LogP contribution is -2.60. The van der Waals surface area contributed by atoms with Crippen LogP contribution in [0.15, 0.2) is 29.5 Å². The number of thiophene rings is 2. The Morgan fingerprint density at radius 2 is 2.11 bits per heavy atom. The van der Waals surface area contributed by atoms with Crippen LogP contribution in [0.4, 0.5) is 0 Å². The lowest BCUT2D eigenvalue weighted by molar-refractivity contribution is -0.938. The molecule has 0 aromatic carbocycles. The van der Waals surface area contributed by atoms with Crippen molar-refractivity contribution in [2.45, 2.75) is 55.8 Å². The molecule has 2 bridgehead atoms. The van der Waals surface area contributed by atoms with Gasteiger partial charge in [0.15, 0.2) is 0 Å². The van der Waals surface area contributed by atoms with Gasteiger partial charge >= 0.3 is 5.97 Å². The zero-order chi connectivity index (χ0) is 25.8. The van der Waals surface area contributed by atoms with Crippen molar-refractivity contribution >= 4 is 28.6 Å². The van der Waals surface area contributed by atoms with Crippen molar-refractivity contribution in [3.05, 3.63) is 44.2 Å². The number of rotatable bonds is 4. The van der Waals surface area contributed by atoms with E-state index in [0.717, 1.165) is 11.3 Å². The van der Waals surface area contributed by atoms with Crippen LogP contribution in [-0.2, 0) is 19.9 Å². The summed E-state index contributed by atoms with van der Waals surface area (Å²) >= 11 is 1.44. The summed E-state index contributed by atoms with van der Waals surface area (Å²) in [5.41, 5.74) is -2.64. The molecule has 0 radical (unpaired) electrons. The molecule has 2 aromatic rings. The molecule has 0 saturated carbocycles. The number of aryl methyl sites for hydroxylation is 1. The summed E-state index contributed by atoms with van der Waals surface area (Å²) in [5, 5.41) is 11.4. The summed E-state index contributed by atoms with van der Waals surface area (Å²) in [4.78, 5) is 13.5. The van der Waals surface area contributed by atoms with Crippen molar-refractivity contribution in [2.24, 2.45) is 0 Å². The molecule has 3 aliphatic rings. The number of carbonyl (C=O) groups excluding carboxylic acids is 1. The second-order valence-corrected chi connectivity index (χ2v) is 9.62. The number of piperidine rings is 1. The first-order chi connectivity index (χ1) is 16.1. The van der Waals surface area contributed by atoms with Crippen molar-refractivity contribution in [3.8, 4) is 0 Å². The van der Waals surface area contributed by atoms with Crippen LogP contribution in [0.1, 0.15) is 38.4 Å². The molecule has 3 saturated heterocycles. The second-order valence-electron chi connectivity index (χ2n) is 7.58. The van der Waals surface area contributed by atoms with Crippen LogP contribution in [0.5, 0.6) is 0 Å². The zero-order valence-corrected chi connectivity index (χ0v) is 16.4. The average Bonchev–Trinajstić information content (AvgIpc) is 3.43. The number of quaternary nitrogens is 1. The summed E-state index contributed by atoms with van der Waals surface area (Å²) in [6.07, 6.45) is -0.762. The third-order valence-corrected chi connectivity index (χ3v) is 7.74. The number of hydrogen-bond acceptors (Lipinski definition) is 6. The summed E-state index contributed by atoms with van der Waals surface area (Å²) in [6, 6.07) is -2.36. The SMILES string of the molecule is [2H]c1sc(C(O)(C(=O)OC2CC3C4OC4C(C2)[N+]3(C)C([2H])([2H])[2H])c2sc(C)c([2H])c2[2H])c([2H])c1[2H]. The molecule has 144 valence electrons. The first kappa shape index (κ1) is 11.1. The molecule has 0 aliphatic carbocycles. The molecule has 5 unspecified atom stereocenters. The van der Waals surface area contributed by atoms with Crippen molar-refractivity contribution in [1.29, 1.82) is 0 Å². The number of aliphatic hydroxyl groups is 1. The Labute approximate surface area is 178 Å². The average molecular weight is 415 g/mol. The van der Waals surface area contributed by atoms with Crippen molar-refractivity contribution < 1.29 is 34.8 Å². The van der Waals surface area contributed by atoms with Crippen molar-refractivity contribution in [2.75, 3.05) is 14.0 Å². The Balaban J connectivity index is 1.50. The largest absolute Gasteiger partial charge is 0.459 e. The molecule has 0 spiro atoms. The number of likely N-dealkylation sites (N-methyl/N-ethyl adjacent to an activating group) is 1. The van der Waals surface area contributed by atoms with E-state index >= 15 is 0 Å². The smallest absolute Gasteiger partial charge is 0.349 e. The summed E-state index contributed by atoms with van der Waals surface area (Å²) < 4.78 is 75.9. The van der Waals surface area contributed by atoms with E-state index in [0.29, 0.717) is 16.2 Å². The predicted octanol–water partition coefficient (Wildman–Crippen LogP) is 2.65. The molecule has 1 N–H and O–H groups in total. The van der Waals surface area contributed by atoms with E-state index in [2.05, 4.69) is 0 Å². The second kappa shape index (κ2) is 5.87. The van der Waals surface area contributed by atoms with Crippen LogP contribution in [0.25, 0.3) is 0 Å². The van der Waals surface area contributed by atoms with Gasteiger partial charge in [-0.15, -0.1) is 22.7 Å². The van der Waals surface area contributed by atoms with Gasteiger partial charge in [0, 0.05) is 17.7 Å². The van der Waals surface area contributed by atoms with Gasteiger partial charge in [-0.2, -0.15) is 0 Å². The molecular formula is C20H24NO4S2+. The zero-order valence-electron chi connectivity index (χ0n) is 22.7. The maximum absolute atomic E-state index is 13.6. The molecule has 5 heterocycles. The molecule has 5 atom stereocenters. The number of esters is 1. The maximum Gasteiger partial charge on any atom is 0.349 e. The van der Waals surface area contributed by atoms with E-state index in [1.807, 2.05) is 0 Å². The number of nitrogens with zero attached hydrogens (tertiary/aromatic N) is 1. The van der Waals surface area contributed by atoms with E-state index < -0.39 is 48.8 Å². The third kappa shape index (κ3) is 2.56. The number of morpholine rings is 1. The monoisotopic (exact) mass is 414 g/mol. The predicted molar refractivity (Wildman–Crippen MR) is 104 cm³/mol. The number of carbonyl (C=O) groups is 1. The van der Waals surface area contributed by atoms with Gasteiger partial charge < -0.3 is 19.1 Å². The quantitative estimate of drug-likeness (QED) is 0.475. The fourth-order valence-electron chi connectivity index (χ4n) is 4.44. The van der Waals surface area contributed by atoms with Crippen LogP contribution in [-0.4, -0.2) is 60.0 Å². The highest BCUT2D eigenvalue weighted by atomic mass is 32.1. The molecule has 5 nitrogen and oxygen atoms in total. The lowest BCUT2D eigenvalue weighted by Gasteiger charge is -2.45. The number of ether oxygens (including phenoxy) is 2. The normalized spacial score (nSPS) is 43.6. The Hall–Kier alpha value is -1.25. The minimum atomic E-state index is -2.64. The molecule has 27 heavy (non-hydrogen) atoms. The van der Waals surface area contributed by atoms with Crippen LogP contribution in [0.3, 0.4) is 0 Å². The van der Waals surface area contributed by atoms with Crippen LogP contribution < -0.4 is 0 Å². The number of fused-ring (bicyclic) bond motifs is 5. The molecule has 0 amide bonds. The number of hydrogen-bond donors (Lipinski definition) is 1. The van der Waals surface area contributed by atoms with Gasteiger partial charge in [-0.25, -0.2) is 4.79 Å². The highest BCUT2D eigenvalue weighted by Gasteiger charge is 2.71. The van der Waals surface area contributed by atoms with E-state index in [1.54, 1.807) is 14.0 Å². The summed E-state index contributed by atoms with van der Waals surface area (Å²) in [5.74, 6) is -1.16. The molecule has 2 aromatic heterocycles. The number of epoxide rings is 1. The van der Waals surface area contributed by atoms with Gasteiger partial charge in [0.25, 0.3) is 0 Å². The Morgan fingerprint density at radius 3 is 2.67 bits per heavy atom. The minimum Gasteiger partial charge on any atom is -0.459 e. The lowest BCUT2D eigenvalue weighted by atomic mass is 9.95. The maximum atomic E-state index is 13.6. The molecule has 3 aliphatic heterocycles. The topological polar surface area (TPSA) is 59.1 Å². The fourth-order valence-corrected chi connectivity index (χ4v) is 5.98. The van der Waals surface area contributed by atoms with Crippen LogP contribution in [0, 0.1) is 6.92 Å². The first-order valence-corrected chi connectivity index (χ1v) is 10.4. The van der Waals surface area contributed by atoms with Gasteiger partial charge in [0.2, 0.25) is 5.60 Å². The van der Waals surface area contributed by atoms with Crippen LogP contribution >= 0.6 is 22.7 Å². The van der Waals surface area contributed by atoms with Gasteiger partial charge in [-0.1, -0.05) is 6.04 Å². The molecular weight excluding hydrogens is 382 g/mol. The van der Waals surface area contributed by atoms with E-state index in [-0.39, 0.29) is 56.7 Å². The fraction of sp³-hybridized carbons (Fsp3) is 0.550. The highest BCUT2D eigenvalue weighted by Crippen LogP contribution is 2.52. The van der Waals surface area contributed by atoms with Gasteiger partial charge in [-0.3, -0.25) is 0 Å². The Morgan fingerprint density at radius 1 is 1.37 bits per heavy atom. The summed E-state index contributed by atoms with van der Waals surface area (Å²) in [7, 11) is 1.67. The van der Waals surface area contributed by atoms with E-state index in [1.165, 1.54) is 0 Å². The van der Waals surface area contributed by atoms with Gasteiger partial charge in [-0.05, 0) is 30.4 Å². The Kier molecular flexibility index (Phi) is 2.41. The summed E-state index contributed by atoms with van der Waals surface area (Å²) in [6.45, 7) is -0.700. The van der Waals surface area contributed by atoms with Crippen molar-refractivity contribution in [3.63, 3.8) is 0 Å². The molecule has 3 fully saturated rings. The van der Waals surface area contributed by atoms with Gasteiger partial charge in [0.1, 0.15) is 30.4 Å². The first-order valence-electron chi connectivity index (χ1n) is 12.7. The van der Waals surface area contributed by atoms with Crippen LogP contribution in [0.2, 0.25) is 0 Å². The molecule has 5 rings (SSSR count). The van der Waals surface area contributed by atoms with Crippen molar-refractivity contribution in [1.82, 2.24) is 0 Å². The molecule has 7 heteroatoms.